The summed E-state index contributed by atoms with van der Waals surface area (Å²) in [5.41, 5.74) is 0. The average molecular weight is 205 g/mol. The molecule has 15 heavy (non-hydrogen) atoms. The molecule has 0 aromatic carbocycles. The number of nitrogens with zero attached hydrogens (tertiary/aromatic N) is 2. The Morgan fingerprint density at radius 3 is 2.93 bits per heavy atom. The van der Waals surface area contributed by atoms with Gasteiger partial charge in [-0.1, -0.05) is 19.8 Å². The first-order chi connectivity index (χ1) is 7.34. The fourth-order valence-electron chi connectivity index (χ4n) is 2.21. The van der Waals surface area contributed by atoms with E-state index in [1.165, 1.54) is 32.1 Å². The molecule has 0 saturated heterocycles. The number of rotatable bonds is 2. The molecule has 0 radical (unpaired) electrons. The third-order valence-corrected chi connectivity index (χ3v) is 3.17. The highest BCUT2D eigenvalue weighted by atomic mass is 15.0. The summed E-state index contributed by atoms with van der Waals surface area (Å²) in [6.07, 6.45) is 11.8. The minimum atomic E-state index is 0.589. The summed E-state index contributed by atoms with van der Waals surface area (Å²) in [5, 5.41) is 3.47. The van der Waals surface area contributed by atoms with Crippen LogP contribution in [0.25, 0.3) is 0 Å². The topological polar surface area (TPSA) is 37.8 Å². The molecular formula is C12H19N3. The Balaban J connectivity index is 1.89. The van der Waals surface area contributed by atoms with Crippen LogP contribution in [0.5, 0.6) is 0 Å². The lowest BCUT2D eigenvalue weighted by molar-refractivity contribution is 0.502. The first kappa shape index (κ1) is 10.4. The second kappa shape index (κ2) is 5.10. The quantitative estimate of drug-likeness (QED) is 0.754. The Morgan fingerprint density at radius 1 is 1.20 bits per heavy atom. The van der Waals surface area contributed by atoms with E-state index in [1.807, 2.05) is 0 Å². The van der Waals surface area contributed by atoms with Crippen molar-refractivity contribution in [2.45, 2.75) is 45.1 Å². The summed E-state index contributed by atoms with van der Waals surface area (Å²) >= 11 is 0. The lowest BCUT2D eigenvalue weighted by Gasteiger charge is -2.16. The smallest absolute Gasteiger partial charge is 0.144 e. The van der Waals surface area contributed by atoms with E-state index in [1.54, 1.807) is 18.6 Å². The zero-order valence-corrected chi connectivity index (χ0v) is 9.32. The normalized spacial score (nSPS) is 27.0. The molecule has 1 heterocycles. The van der Waals surface area contributed by atoms with Gasteiger partial charge in [-0.2, -0.15) is 0 Å². The lowest BCUT2D eigenvalue weighted by Crippen LogP contribution is -2.19. The second-order valence-electron chi connectivity index (χ2n) is 4.55. The molecule has 1 aromatic rings. The molecule has 3 heteroatoms. The minimum Gasteiger partial charge on any atom is -0.366 e. The molecule has 1 N–H and O–H groups in total. The van der Waals surface area contributed by atoms with E-state index in [0.29, 0.717) is 6.04 Å². The molecule has 1 saturated carbocycles. The first-order valence-corrected chi connectivity index (χ1v) is 5.87. The zero-order chi connectivity index (χ0) is 10.5. The maximum Gasteiger partial charge on any atom is 0.144 e. The van der Waals surface area contributed by atoms with Crippen molar-refractivity contribution in [3.8, 4) is 0 Å². The largest absolute Gasteiger partial charge is 0.366 e. The SMILES string of the molecule is CC1CCCC(Nc2cnccn2)CC1. The number of aromatic nitrogens is 2. The number of nitrogens with one attached hydrogen (secondary N) is 1. The fourth-order valence-corrected chi connectivity index (χ4v) is 2.21. The Kier molecular flexibility index (Phi) is 3.54. The highest BCUT2D eigenvalue weighted by molar-refractivity contribution is 5.31. The summed E-state index contributed by atoms with van der Waals surface area (Å²) in [7, 11) is 0. The van der Waals surface area contributed by atoms with E-state index in [9.17, 15) is 0 Å². The van der Waals surface area contributed by atoms with Gasteiger partial charge < -0.3 is 5.32 Å². The molecule has 0 amide bonds. The van der Waals surface area contributed by atoms with E-state index in [2.05, 4.69) is 22.2 Å². The first-order valence-electron chi connectivity index (χ1n) is 5.87. The van der Waals surface area contributed by atoms with E-state index in [-0.39, 0.29) is 0 Å². The van der Waals surface area contributed by atoms with Crippen LogP contribution in [0.15, 0.2) is 18.6 Å². The van der Waals surface area contributed by atoms with Crippen LogP contribution < -0.4 is 5.32 Å². The summed E-state index contributed by atoms with van der Waals surface area (Å²) < 4.78 is 0. The van der Waals surface area contributed by atoms with Gasteiger partial charge in [-0.15, -0.1) is 0 Å². The van der Waals surface area contributed by atoms with Gasteiger partial charge in [-0.3, -0.25) is 4.98 Å². The third-order valence-electron chi connectivity index (χ3n) is 3.17. The Labute approximate surface area is 91.3 Å². The van der Waals surface area contributed by atoms with Gasteiger partial charge in [0.25, 0.3) is 0 Å². The Hall–Kier alpha value is -1.12. The van der Waals surface area contributed by atoms with Crippen molar-refractivity contribution < 1.29 is 0 Å². The maximum atomic E-state index is 4.25. The Morgan fingerprint density at radius 2 is 2.13 bits per heavy atom. The fraction of sp³-hybridized carbons (Fsp3) is 0.667. The lowest BCUT2D eigenvalue weighted by atomic mass is 10.0. The molecular weight excluding hydrogens is 186 g/mol. The van der Waals surface area contributed by atoms with Crippen molar-refractivity contribution in [2.75, 3.05) is 5.32 Å². The van der Waals surface area contributed by atoms with Crippen LogP contribution in [0.4, 0.5) is 5.82 Å². The van der Waals surface area contributed by atoms with Crippen LogP contribution in [0.2, 0.25) is 0 Å². The van der Waals surface area contributed by atoms with Gasteiger partial charge in [-0.25, -0.2) is 4.98 Å². The highest BCUT2D eigenvalue weighted by Crippen LogP contribution is 2.24. The molecule has 0 aliphatic heterocycles. The van der Waals surface area contributed by atoms with Gasteiger partial charge in [0.15, 0.2) is 0 Å². The molecule has 0 spiro atoms. The monoisotopic (exact) mass is 205 g/mol. The number of hydrogen-bond acceptors (Lipinski definition) is 3. The van der Waals surface area contributed by atoms with Crippen molar-refractivity contribution in [1.82, 2.24) is 9.97 Å². The molecule has 0 bridgehead atoms. The molecule has 1 aliphatic rings. The van der Waals surface area contributed by atoms with E-state index in [0.717, 1.165) is 11.7 Å². The molecule has 2 unspecified atom stereocenters. The van der Waals surface area contributed by atoms with Crippen molar-refractivity contribution >= 4 is 5.82 Å². The van der Waals surface area contributed by atoms with Crippen molar-refractivity contribution in [1.29, 1.82) is 0 Å². The standard InChI is InChI=1S/C12H19N3/c1-10-3-2-4-11(6-5-10)15-12-9-13-7-8-14-12/h7-11H,2-6H2,1H3,(H,14,15). The second-order valence-corrected chi connectivity index (χ2v) is 4.55. The predicted molar refractivity (Wildman–Crippen MR) is 61.7 cm³/mol. The van der Waals surface area contributed by atoms with E-state index < -0.39 is 0 Å². The molecule has 2 atom stereocenters. The molecule has 2 rings (SSSR count). The molecule has 3 nitrogen and oxygen atoms in total. The van der Waals surface area contributed by atoms with Gasteiger partial charge in [-0.05, 0) is 25.2 Å². The molecule has 1 fully saturated rings. The van der Waals surface area contributed by atoms with Crippen molar-refractivity contribution in [3.05, 3.63) is 18.6 Å². The van der Waals surface area contributed by atoms with Gasteiger partial charge in [0.1, 0.15) is 5.82 Å². The summed E-state index contributed by atoms with van der Waals surface area (Å²) in [6.45, 7) is 2.35. The molecule has 82 valence electrons. The van der Waals surface area contributed by atoms with Crippen LogP contribution >= 0.6 is 0 Å². The van der Waals surface area contributed by atoms with Crippen LogP contribution in [0, 0.1) is 5.92 Å². The van der Waals surface area contributed by atoms with Crippen LogP contribution in [-0.4, -0.2) is 16.0 Å². The van der Waals surface area contributed by atoms with E-state index >= 15 is 0 Å². The highest BCUT2D eigenvalue weighted by Gasteiger charge is 2.15. The van der Waals surface area contributed by atoms with Crippen LogP contribution in [-0.2, 0) is 0 Å². The Bertz CT molecular complexity index is 286. The molecule has 1 aromatic heterocycles. The summed E-state index contributed by atoms with van der Waals surface area (Å²) in [4.78, 5) is 8.31. The van der Waals surface area contributed by atoms with Gasteiger partial charge >= 0.3 is 0 Å². The van der Waals surface area contributed by atoms with E-state index in [4.69, 9.17) is 0 Å². The molecule has 1 aliphatic carbocycles. The van der Waals surface area contributed by atoms with Crippen LogP contribution in [0.1, 0.15) is 39.0 Å². The minimum absolute atomic E-state index is 0.589. The maximum absolute atomic E-state index is 4.25. The summed E-state index contributed by atoms with van der Waals surface area (Å²) in [5.74, 6) is 1.80. The van der Waals surface area contributed by atoms with Crippen molar-refractivity contribution in [2.24, 2.45) is 5.92 Å². The van der Waals surface area contributed by atoms with Gasteiger partial charge in [0, 0.05) is 18.4 Å². The average Bonchev–Trinajstić information content (AvgIpc) is 2.46. The van der Waals surface area contributed by atoms with Crippen LogP contribution in [0.3, 0.4) is 0 Å². The predicted octanol–water partition coefficient (Wildman–Crippen LogP) is 2.86. The number of hydrogen-bond donors (Lipinski definition) is 1. The third kappa shape index (κ3) is 3.18. The van der Waals surface area contributed by atoms with Gasteiger partial charge in [0.05, 0.1) is 6.20 Å². The summed E-state index contributed by atoms with van der Waals surface area (Å²) in [6, 6.07) is 0.589. The zero-order valence-electron chi connectivity index (χ0n) is 9.32. The van der Waals surface area contributed by atoms with Crippen molar-refractivity contribution in [3.63, 3.8) is 0 Å². The number of anilines is 1. The van der Waals surface area contributed by atoms with Gasteiger partial charge in [0.2, 0.25) is 0 Å².